The molecule has 2 rings (SSSR count). The van der Waals surface area contributed by atoms with Gasteiger partial charge in [0.2, 0.25) is 0 Å². The third-order valence-corrected chi connectivity index (χ3v) is 3.43. The second-order valence-electron chi connectivity index (χ2n) is 5.22. The van der Waals surface area contributed by atoms with Gasteiger partial charge in [-0.15, -0.1) is 0 Å². The first-order valence-corrected chi connectivity index (χ1v) is 6.95. The fourth-order valence-corrected chi connectivity index (χ4v) is 2.30. The summed E-state index contributed by atoms with van der Waals surface area (Å²) >= 11 is 0. The van der Waals surface area contributed by atoms with E-state index in [-0.39, 0.29) is 12.5 Å². The Balaban J connectivity index is 1.76. The lowest BCUT2D eigenvalue weighted by Crippen LogP contribution is -2.37. The molecule has 1 amide bonds. The Kier molecular flexibility index (Phi) is 5.24. The molecule has 0 spiro atoms. The third kappa shape index (κ3) is 4.42. The second-order valence-corrected chi connectivity index (χ2v) is 5.22. The highest BCUT2D eigenvalue weighted by Gasteiger charge is 2.18. The van der Waals surface area contributed by atoms with Crippen LogP contribution in [-0.2, 0) is 9.53 Å². The van der Waals surface area contributed by atoms with Crippen LogP contribution in [-0.4, -0.2) is 44.2 Å². The molecule has 5 nitrogen and oxygen atoms in total. The number of hydrogen-bond acceptors (Lipinski definition) is 4. The summed E-state index contributed by atoms with van der Waals surface area (Å²) in [6, 6.07) is 7.09. The molecule has 0 bridgehead atoms. The van der Waals surface area contributed by atoms with Crippen molar-refractivity contribution in [2.45, 2.75) is 12.8 Å². The van der Waals surface area contributed by atoms with Gasteiger partial charge in [-0.3, -0.25) is 4.79 Å². The van der Waals surface area contributed by atoms with E-state index in [1.54, 1.807) is 36.2 Å². The first-order chi connectivity index (χ1) is 9.65. The molecule has 0 aliphatic carbocycles. The van der Waals surface area contributed by atoms with Gasteiger partial charge < -0.3 is 20.1 Å². The molecule has 0 aromatic heterocycles. The fourth-order valence-electron chi connectivity index (χ4n) is 2.30. The number of hydrogen-bond donors (Lipinski definition) is 1. The molecule has 1 aromatic rings. The monoisotopic (exact) mass is 278 g/mol. The van der Waals surface area contributed by atoms with Gasteiger partial charge in [-0.25, -0.2) is 0 Å². The van der Waals surface area contributed by atoms with E-state index in [1.165, 1.54) is 0 Å². The van der Waals surface area contributed by atoms with Crippen LogP contribution in [0.25, 0.3) is 0 Å². The minimum absolute atomic E-state index is 0.0296. The number of likely N-dealkylation sites (N-methyl/N-ethyl adjacent to an activating group) is 1. The van der Waals surface area contributed by atoms with E-state index in [1.807, 2.05) is 0 Å². The lowest BCUT2D eigenvalue weighted by Gasteiger charge is -2.27. The van der Waals surface area contributed by atoms with E-state index in [0.717, 1.165) is 32.6 Å². The summed E-state index contributed by atoms with van der Waals surface area (Å²) in [7, 11) is 1.81. The number of carbonyl (C=O) groups is 1. The van der Waals surface area contributed by atoms with E-state index < -0.39 is 0 Å². The van der Waals surface area contributed by atoms with Gasteiger partial charge >= 0.3 is 0 Å². The molecule has 0 saturated carbocycles. The summed E-state index contributed by atoms with van der Waals surface area (Å²) in [5, 5.41) is 0. The van der Waals surface area contributed by atoms with E-state index in [9.17, 15) is 4.79 Å². The van der Waals surface area contributed by atoms with Gasteiger partial charge in [0.05, 0.1) is 6.61 Å². The lowest BCUT2D eigenvalue weighted by atomic mass is 10.0. The number of benzene rings is 1. The van der Waals surface area contributed by atoms with Gasteiger partial charge in [-0.2, -0.15) is 0 Å². The topological polar surface area (TPSA) is 64.8 Å². The second kappa shape index (κ2) is 7.14. The zero-order chi connectivity index (χ0) is 14.4. The molecule has 20 heavy (non-hydrogen) atoms. The highest BCUT2D eigenvalue weighted by Crippen LogP contribution is 2.16. The summed E-state index contributed by atoms with van der Waals surface area (Å²) in [5.41, 5.74) is 6.29. The number of nitrogens with zero attached hydrogens (tertiary/aromatic N) is 1. The maximum absolute atomic E-state index is 12.0. The van der Waals surface area contributed by atoms with Crippen LogP contribution in [0.2, 0.25) is 0 Å². The Labute approximate surface area is 119 Å². The minimum Gasteiger partial charge on any atom is -0.484 e. The molecule has 1 unspecified atom stereocenters. The van der Waals surface area contributed by atoms with Crippen LogP contribution in [0.1, 0.15) is 12.8 Å². The fraction of sp³-hybridized carbons (Fsp3) is 0.533. The smallest absolute Gasteiger partial charge is 0.260 e. The van der Waals surface area contributed by atoms with E-state index in [0.29, 0.717) is 17.4 Å². The molecule has 110 valence electrons. The number of rotatable bonds is 5. The van der Waals surface area contributed by atoms with Crippen LogP contribution in [0.4, 0.5) is 5.69 Å². The molecule has 1 aromatic carbocycles. The Bertz CT molecular complexity index is 444. The number of nitrogens with two attached hydrogens (primary N) is 1. The first kappa shape index (κ1) is 14.7. The van der Waals surface area contributed by atoms with Crippen LogP contribution < -0.4 is 10.5 Å². The predicted molar refractivity (Wildman–Crippen MR) is 77.5 cm³/mol. The molecule has 1 heterocycles. The van der Waals surface area contributed by atoms with Gasteiger partial charge in [0.25, 0.3) is 5.91 Å². The van der Waals surface area contributed by atoms with Gasteiger partial charge in [-0.1, -0.05) is 6.07 Å². The number of nitrogen functional groups attached to an aromatic ring is 1. The molecule has 1 atom stereocenters. The van der Waals surface area contributed by atoms with Crippen molar-refractivity contribution >= 4 is 11.6 Å². The summed E-state index contributed by atoms with van der Waals surface area (Å²) in [4.78, 5) is 13.7. The van der Waals surface area contributed by atoms with Crippen molar-refractivity contribution in [2.75, 3.05) is 39.1 Å². The van der Waals surface area contributed by atoms with Crippen molar-refractivity contribution < 1.29 is 14.3 Å². The molecule has 5 heteroatoms. The molecule has 1 fully saturated rings. The van der Waals surface area contributed by atoms with Crippen molar-refractivity contribution in [1.29, 1.82) is 0 Å². The van der Waals surface area contributed by atoms with Crippen molar-refractivity contribution in [3.05, 3.63) is 24.3 Å². The minimum atomic E-state index is -0.0296. The summed E-state index contributed by atoms with van der Waals surface area (Å²) in [5.74, 6) is 1.02. The first-order valence-electron chi connectivity index (χ1n) is 6.95. The standard InChI is InChI=1S/C15H22N2O3/c1-17(9-12-4-3-7-19-10-12)15(18)11-20-14-6-2-5-13(16)8-14/h2,5-6,8,12H,3-4,7,9-11,16H2,1H3. The van der Waals surface area contributed by atoms with Crippen LogP contribution in [0, 0.1) is 5.92 Å². The van der Waals surface area contributed by atoms with Crippen LogP contribution >= 0.6 is 0 Å². The normalized spacial score (nSPS) is 18.6. The van der Waals surface area contributed by atoms with Crippen molar-refractivity contribution in [1.82, 2.24) is 4.90 Å². The van der Waals surface area contributed by atoms with Gasteiger partial charge in [0.1, 0.15) is 5.75 Å². The zero-order valence-corrected chi connectivity index (χ0v) is 11.9. The maximum atomic E-state index is 12.0. The molecule has 2 N–H and O–H groups in total. The van der Waals surface area contributed by atoms with E-state index in [4.69, 9.17) is 15.2 Å². The average Bonchev–Trinajstić information content (AvgIpc) is 2.46. The molecule has 1 aliphatic rings. The quantitative estimate of drug-likeness (QED) is 0.830. The number of amides is 1. The Hall–Kier alpha value is -1.75. The van der Waals surface area contributed by atoms with Crippen LogP contribution in [0.5, 0.6) is 5.75 Å². The zero-order valence-electron chi connectivity index (χ0n) is 11.9. The van der Waals surface area contributed by atoms with Crippen molar-refractivity contribution in [3.63, 3.8) is 0 Å². The number of anilines is 1. The van der Waals surface area contributed by atoms with Crippen molar-refractivity contribution in [2.24, 2.45) is 5.92 Å². The van der Waals surface area contributed by atoms with Gasteiger partial charge in [-0.05, 0) is 30.9 Å². The van der Waals surface area contributed by atoms with Crippen LogP contribution in [0.15, 0.2) is 24.3 Å². The van der Waals surface area contributed by atoms with Gasteiger partial charge in [0, 0.05) is 32.0 Å². The molecule has 1 saturated heterocycles. The molecular formula is C15H22N2O3. The summed E-state index contributed by atoms with van der Waals surface area (Å²) in [6.07, 6.45) is 2.19. The highest BCUT2D eigenvalue weighted by molar-refractivity contribution is 5.77. The summed E-state index contributed by atoms with van der Waals surface area (Å²) in [6.45, 7) is 2.34. The SMILES string of the molecule is CN(CC1CCCOC1)C(=O)COc1cccc(N)c1. The molecular weight excluding hydrogens is 256 g/mol. The van der Waals surface area contributed by atoms with Crippen LogP contribution in [0.3, 0.4) is 0 Å². The van der Waals surface area contributed by atoms with Crippen molar-refractivity contribution in [3.8, 4) is 5.75 Å². The average molecular weight is 278 g/mol. The third-order valence-electron chi connectivity index (χ3n) is 3.43. The highest BCUT2D eigenvalue weighted by atomic mass is 16.5. The predicted octanol–water partition coefficient (Wildman–Crippen LogP) is 1.53. The number of ether oxygens (including phenoxy) is 2. The molecule has 1 aliphatic heterocycles. The van der Waals surface area contributed by atoms with E-state index >= 15 is 0 Å². The number of carbonyl (C=O) groups excluding carboxylic acids is 1. The molecule has 0 radical (unpaired) electrons. The Morgan fingerprint density at radius 1 is 1.55 bits per heavy atom. The Morgan fingerprint density at radius 2 is 2.40 bits per heavy atom. The Morgan fingerprint density at radius 3 is 3.10 bits per heavy atom. The summed E-state index contributed by atoms with van der Waals surface area (Å²) < 4.78 is 10.9. The van der Waals surface area contributed by atoms with Gasteiger partial charge in [0.15, 0.2) is 6.61 Å². The maximum Gasteiger partial charge on any atom is 0.260 e. The van der Waals surface area contributed by atoms with E-state index in [2.05, 4.69) is 0 Å². The largest absolute Gasteiger partial charge is 0.484 e. The lowest BCUT2D eigenvalue weighted by molar-refractivity contribution is -0.133.